The highest BCUT2D eigenvalue weighted by atomic mass is 19.1. The van der Waals surface area contributed by atoms with Crippen LogP contribution in [-0.2, 0) is 4.74 Å². The lowest BCUT2D eigenvalue weighted by molar-refractivity contribution is -0.161. The lowest BCUT2D eigenvalue weighted by Gasteiger charge is -2.38. The standard InChI is InChI=1S/C25H28FN7O4/c1-5-13(2)6-14(3)33-25(27-12-28-33)21-9-20(23(35)22(11-34)37-21)32-10-19(30-31-32)16-7-17(26)24-18(8-16)29-15(4)36-24/h5-8,10,12,20-23,34-35H,9,11H2,1-4H3/b13-5-,14-6+. The zero-order valence-electron chi connectivity index (χ0n) is 20.9. The summed E-state index contributed by atoms with van der Waals surface area (Å²) < 4.78 is 29.1. The van der Waals surface area contributed by atoms with E-state index in [2.05, 4.69) is 25.4 Å². The van der Waals surface area contributed by atoms with Gasteiger partial charge in [0.25, 0.3) is 0 Å². The van der Waals surface area contributed by atoms with Gasteiger partial charge in [-0.05, 0) is 39.0 Å². The molecular formula is C25H28FN7O4. The van der Waals surface area contributed by atoms with Crippen molar-refractivity contribution in [3.05, 3.63) is 59.9 Å². The fraction of sp³-hybridized carbons (Fsp3) is 0.400. The van der Waals surface area contributed by atoms with Crippen LogP contribution in [0.5, 0.6) is 0 Å². The molecule has 4 unspecified atom stereocenters. The fourth-order valence-corrected chi connectivity index (χ4v) is 4.57. The van der Waals surface area contributed by atoms with E-state index in [0.29, 0.717) is 34.9 Å². The lowest BCUT2D eigenvalue weighted by atomic mass is 9.95. The number of aliphatic hydroxyl groups excluding tert-OH is 2. The summed E-state index contributed by atoms with van der Waals surface area (Å²) >= 11 is 0. The zero-order chi connectivity index (χ0) is 26.3. The second-order valence-electron chi connectivity index (χ2n) is 9.11. The van der Waals surface area contributed by atoms with Gasteiger partial charge >= 0.3 is 0 Å². The van der Waals surface area contributed by atoms with E-state index >= 15 is 0 Å². The van der Waals surface area contributed by atoms with Crippen LogP contribution < -0.4 is 0 Å². The third kappa shape index (κ3) is 4.70. The number of ether oxygens (including phenoxy) is 1. The molecule has 0 spiro atoms. The van der Waals surface area contributed by atoms with Gasteiger partial charge in [-0.1, -0.05) is 16.9 Å². The molecule has 1 aromatic carbocycles. The van der Waals surface area contributed by atoms with Crippen molar-refractivity contribution in [2.24, 2.45) is 0 Å². The van der Waals surface area contributed by atoms with E-state index in [1.807, 2.05) is 32.9 Å². The average molecular weight is 510 g/mol. The monoisotopic (exact) mass is 509 g/mol. The lowest BCUT2D eigenvalue weighted by Crippen LogP contribution is -2.45. The third-order valence-corrected chi connectivity index (χ3v) is 6.54. The second-order valence-corrected chi connectivity index (χ2v) is 9.11. The van der Waals surface area contributed by atoms with Gasteiger partial charge in [-0.3, -0.25) is 0 Å². The molecule has 1 fully saturated rings. The number of hydrogen-bond donors (Lipinski definition) is 2. The highest BCUT2D eigenvalue weighted by Crippen LogP contribution is 2.38. The second kappa shape index (κ2) is 9.96. The van der Waals surface area contributed by atoms with Gasteiger partial charge in [0.15, 0.2) is 23.1 Å². The van der Waals surface area contributed by atoms with Crippen LogP contribution in [0.3, 0.4) is 0 Å². The maximum absolute atomic E-state index is 14.6. The maximum atomic E-state index is 14.6. The van der Waals surface area contributed by atoms with Gasteiger partial charge in [0, 0.05) is 24.6 Å². The van der Waals surface area contributed by atoms with Crippen molar-refractivity contribution in [3.8, 4) is 11.3 Å². The third-order valence-electron chi connectivity index (χ3n) is 6.54. The van der Waals surface area contributed by atoms with E-state index in [1.54, 1.807) is 23.9 Å². The molecule has 4 heterocycles. The number of allylic oxidation sites excluding steroid dienone is 4. The van der Waals surface area contributed by atoms with E-state index in [9.17, 15) is 14.6 Å². The van der Waals surface area contributed by atoms with Gasteiger partial charge in [0.2, 0.25) is 0 Å². The van der Waals surface area contributed by atoms with Gasteiger partial charge in [-0.2, -0.15) is 5.10 Å². The van der Waals surface area contributed by atoms with Crippen LogP contribution in [0.15, 0.2) is 46.8 Å². The first-order valence-electron chi connectivity index (χ1n) is 11.9. The summed E-state index contributed by atoms with van der Waals surface area (Å²) in [5.74, 6) is 0.354. The highest BCUT2D eigenvalue weighted by Gasteiger charge is 2.41. The van der Waals surface area contributed by atoms with E-state index < -0.39 is 36.8 Å². The molecule has 37 heavy (non-hydrogen) atoms. The van der Waals surface area contributed by atoms with Crippen molar-refractivity contribution in [1.29, 1.82) is 0 Å². The Kier molecular flexibility index (Phi) is 6.71. The number of aromatic nitrogens is 7. The molecule has 1 aliphatic rings. The van der Waals surface area contributed by atoms with Crippen LogP contribution in [-0.4, -0.2) is 63.8 Å². The molecular weight excluding hydrogens is 481 g/mol. The van der Waals surface area contributed by atoms with Gasteiger partial charge in [0.05, 0.1) is 18.8 Å². The van der Waals surface area contributed by atoms with Crippen LogP contribution in [0.4, 0.5) is 4.39 Å². The zero-order valence-corrected chi connectivity index (χ0v) is 20.9. The predicted molar refractivity (Wildman–Crippen MR) is 131 cm³/mol. The maximum Gasteiger partial charge on any atom is 0.192 e. The topological polar surface area (TPSA) is 137 Å². The largest absolute Gasteiger partial charge is 0.438 e. The van der Waals surface area contributed by atoms with Crippen molar-refractivity contribution >= 4 is 16.8 Å². The Bertz CT molecular complexity index is 1490. The highest BCUT2D eigenvalue weighted by molar-refractivity contribution is 5.79. The predicted octanol–water partition coefficient (Wildman–Crippen LogP) is 3.38. The molecule has 0 aliphatic carbocycles. The SMILES string of the molecule is C/C=C(C)\C=C(/C)n1ncnc1C1CC(n2cc(-c3cc(F)c4oc(C)nc4c3)nn2)C(O)C(CO)O1. The van der Waals surface area contributed by atoms with Crippen molar-refractivity contribution in [2.45, 2.75) is 58.5 Å². The summed E-state index contributed by atoms with van der Waals surface area (Å²) in [7, 11) is 0. The van der Waals surface area contributed by atoms with Gasteiger partial charge in [0.1, 0.15) is 35.8 Å². The van der Waals surface area contributed by atoms with Gasteiger partial charge < -0.3 is 19.4 Å². The van der Waals surface area contributed by atoms with Crippen LogP contribution in [0.25, 0.3) is 28.1 Å². The Hall–Kier alpha value is -3.74. The number of aliphatic hydroxyl groups is 2. The van der Waals surface area contributed by atoms with E-state index in [1.165, 1.54) is 17.1 Å². The summed E-state index contributed by atoms with van der Waals surface area (Å²) in [6.45, 7) is 7.11. The Morgan fingerprint density at radius 3 is 2.86 bits per heavy atom. The number of oxazole rings is 1. The first-order chi connectivity index (χ1) is 17.8. The molecule has 1 aliphatic heterocycles. The molecule has 194 valence electrons. The number of halogens is 1. The molecule has 4 atom stereocenters. The van der Waals surface area contributed by atoms with Crippen LogP contribution in [0, 0.1) is 12.7 Å². The minimum Gasteiger partial charge on any atom is -0.438 e. The quantitative estimate of drug-likeness (QED) is 0.375. The van der Waals surface area contributed by atoms with Crippen molar-refractivity contribution < 1.29 is 23.8 Å². The molecule has 0 saturated carbocycles. The van der Waals surface area contributed by atoms with E-state index in [4.69, 9.17) is 9.15 Å². The molecule has 1 saturated heterocycles. The summed E-state index contributed by atoms with van der Waals surface area (Å²) in [4.78, 5) is 8.61. The number of fused-ring (bicyclic) bond motifs is 1. The van der Waals surface area contributed by atoms with Gasteiger partial charge in [-0.25, -0.2) is 23.7 Å². The number of benzene rings is 1. The van der Waals surface area contributed by atoms with Crippen LogP contribution in [0.1, 0.15) is 51.1 Å². The smallest absolute Gasteiger partial charge is 0.192 e. The van der Waals surface area contributed by atoms with Gasteiger partial charge in [-0.15, -0.1) is 5.10 Å². The number of hydrogen-bond acceptors (Lipinski definition) is 9. The normalized spacial score (nSPS) is 23.2. The summed E-state index contributed by atoms with van der Waals surface area (Å²) in [6.07, 6.45) is 4.81. The molecule has 2 N–H and O–H groups in total. The summed E-state index contributed by atoms with van der Waals surface area (Å²) in [5, 5.41) is 33.7. The van der Waals surface area contributed by atoms with Crippen LogP contribution >= 0.6 is 0 Å². The Morgan fingerprint density at radius 1 is 1.30 bits per heavy atom. The molecule has 4 aromatic rings. The van der Waals surface area contributed by atoms with Crippen molar-refractivity contribution in [1.82, 2.24) is 34.7 Å². The first-order valence-corrected chi connectivity index (χ1v) is 11.9. The Morgan fingerprint density at radius 2 is 2.11 bits per heavy atom. The van der Waals surface area contributed by atoms with E-state index in [-0.39, 0.29) is 5.58 Å². The minimum absolute atomic E-state index is 0.0835. The number of rotatable bonds is 6. The molecule has 0 amide bonds. The summed E-state index contributed by atoms with van der Waals surface area (Å²) in [5.41, 5.74) is 3.25. The molecule has 0 bridgehead atoms. The molecule has 0 radical (unpaired) electrons. The first kappa shape index (κ1) is 24.9. The van der Waals surface area contributed by atoms with Crippen molar-refractivity contribution in [2.75, 3.05) is 6.61 Å². The van der Waals surface area contributed by atoms with Crippen molar-refractivity contribution in [3.63, 3.8) is 0 Å². The molecule has 11 nitrogen and oxygen atoms in total. The fourth-order valence-electron chi connectivity index (χ4n) is 4.57. The van der Waals surface area contributed by atoms with E-state index in [0.717, 1.165) is 11.3 Å². The Labute approximate surface area is 211 Å². The number of aryl methyl sites for hydroxylation is 1. The average Bonchev–Trinajstić information content (AvgIpc) is 3.63. The van der Waals surface area contributed by atoms with Crippen LogP contribution in [0.2, 0.25) is 0 Å². The molecule has 12 heteroatoms. The molecule has 5 rings (SSSR count). The minimum atomic E-state index is -1.06. The number of nitrogens with zero attached hydrogens (tertiary/aromatic N) is 7. The molecule has 3 aromatic heterocycles. The Balaban J connectivity index is 1.46. The summed E-state index contributed by atoms with van der Waals surface area (Å²) in [6, 6.07) is 2.39.